The molecule has 0 spiro atoms. The van der Waals surface area contributed by atoms with Gasteiger partial charge in [0, 0.05) is 12.5 Å². The fourth-order valence-corrected chi connectivity index (χ4v) is 1.31. The van der Waals surface area contributed by atoms with E-state index in [1.165, 1.54) is 6.07 Å². The summed E-state index contributed by atoms with van der Waals surface area (Å²) in [5.41, 5.74) is 6.07. The van der Waals surface area contributed by atoms with Crippen LogP contribution in [0.1, 0.15) is 25.0 Å². The van der Waals surface area contributed by atoms with E-state index in [-0.39, 0.29) is 5.75 Å². The van der Waals surface area contributed by atoms with Gasteiger partial charge in [-0.25, -0.2) is 10.3 Å². The minimum atomic E-state index is -0.522. The molecule has 0 aliphatic heterocycles. The molecule has 0 radical (unpaired) electrons. The maximum absolute atomic E-state index is 10.9. The van der Waals surface area contributed by atoms with Crippen LogP contribution in [0.4, 0.5) is 0 Å². The molecule has 5 heteroatoms. The Hall–Kier alpha value is -1.65. The van der Waals surface area contributed by atoms with Crippen molar-refractivity contribution in [1.29, 1.82) is 5.53 Å². The van der Waals surface area contributed by atoms with E-state index in [0.717, 1.165) is 25.3 Å². The smallest absolute Gasteiger partial charge is 0.339 e. The molecule has 0 saturated heterocycles. The molecule has 1 heterocycles. The van der Waals surface area contributed by atoms with Crippen LogP contribution in [0.5, 0.6) is 5.75 Å². The number of hydrogen-bond acceptors (Lipinski definition) is 5. The summed E-state index contributed by atoms with van der Waals surface area (Å²) in [6.07, 6.45) is 3.29. The van der Waals surface area contributed by atoms with Gasteiger partial charge >= 0.3 is 5.63 Å². The molecule has 0 amide bonds. The maximum Gasteiger partial charge on any atom is 0.339 e. The van der Waals surface area contributed by atoms with Crippen LogP contribution >= 0.6 is 0 Å². The third kappa shape index (κ3) is 4.39. The van der Waals surface area contributed by atoms with Crippen molar-refractivity contribution in [2.75, 3.05) is 6.54 Å². The molecule has 15 heavy (non-hydrogen) atoms. The summed E-state index contributed by atoms with van der Waals surface area (Å²) >= 11 is 0. The van der Waals surface area contributed by atoms with Crippen molar-refractivity contribution < 1.29 is 9.52 Å². The number of nitrogens with zero attached hydrogens (tertiary/aromatic N) is 1. The summed E-state index contributed by atoms with van der Waals surface area (Å²) in [7, 11) is 0. The molecule has 1 aromatic rings. The quantitative estimate of drug-likeness (QED) is 0.556. The summed E-state index contributed by atoms with van der Waals surface area (Å²) in [6.45, 7) is 0.546. The molecule has 0 aliphatic rings. The van der Waals surface area contributed by atoms with Gasteiger partial charge in [0.05, 0.1) is 12.6 Å². The molecule has 0 unspecified atom stereocenters. The van der Waals surface area contributed by atoms with Crippen LogP contribution in [-0.4, -0.2) is 11.7 Å². The summed E-state index contributed by atoms with van der Waals surface area (Å²) in [5.74, 6) is 0.449. The largest absolute Gasteiger partial charge is 0.508 e. The number of rotatable bonds is 6. The fraction of sp³-hybridized carbons (Fsp3) is 0.500. The predicted octanol–water partition coefficient (Wildman–Crippen LogP) is 2.09. The lowest BCUT2D eigenvalue weighted by atomic mass is 10.1. The molecule has 0 fully saturated rings. The van der Waals surface area contributed by atoms with E-state index < -0.39 is 5.63 Å². The average Bonchev–Trinajstić information content (AvgIpc) is 2.16. The second kappa shape index (κ2) is 5.95. The van der Waals surface area contributed by atoms with Crippen LogP contribution in [0.25, 0.3) is 0 Å². The van der Waals surface area contributed by atoms with E-state index in [9.17, 15) is 4.79 Å². The number of aromatic hydroxyl groups is 1. The first-order valence-corrected chi connectivity index (χ1v) is 4.88. The number of hydrogen-bond donors (Lipinski definition) is 2. The lowest BCUT2D eigenvalue weighted by Gasteiger charge is -1.99. The Labute approximate surface area is 87.3 Å². The summed E-state index contributed by atoms with van der Waals surface area (Å²) < 4.78 is 4.89. The van der Waals surface area contributed by atoms with Crippen molar-refractivity contribution in [3.63, 3.8) is 0 Å². The standard InChI is InChI=1S/C10H14N2O3/c11-12-5-3-1-2-4-9-6-8(13)7-10(14)15-9/h6-7,11,13H,1-5H2. The van der Waals surface area contributed by atoms with E-state index in [2.05, 4.69) is 5.11 Å². The van der Waals surface area contributed by atoms with Crippen LogP contribution in [0, 0.1) is 5.53 Å². The van der Waals surface area contributed by atoms with Gasteiger partial charge < -0.3 is 9.52 Å². The highest BCUT2D eigenvalue weighted by atomic mass is 16.4. The van der Waals surface area contributed by atoms with Gasteiger partial charge in [-0.2, -0.15) is 5.11 Å². The van der Waals surface area contributed by atoms with E-state index in [0.29, 0.717) is 18.7 Å². The molecule has 2 N–H and O–H groups in total. The van der Waals surface area contributed by atoms with Gasteiger partial charge in [0.15, 0.2) is 0 Å². The van der Waals surface area contributed by atoms with Crippen LogP contribution < -0.4 is 5.63 Å². The molecule has 82 valence electrons. The van der Waals surface area contributed by atoms with Crippen molar-refractivity contribution in [1.82, 2.24) is 0 Å². The van der Waals surface area contributed by atoms with E-state index in [4.69, 9.17) is 15.1 Å². The number of nitrogens with one attached hydrogen (secondary N) is 1. The molecule has 0 aromatic carbocycles. The van der Waals surface area contributed by atoms with Gasteiger partial charge in [-0.05, 0) is 12.8 Å². The van der Waals surface area contributed by atoms with Crippen molar-refractivity contribution >= 4 is 0 Å². The fourth-order valence-electron chi connectivity index (χ4n) is 1.31. The Balaban J connectivity index is 2.37. The van der Waals surface area contributed by atoms with E-state index in [1.54, 1.807) is 0 Å². The van der Waals surface area contributed by atoms with Crippen LogP contribution in [-0.2, 0) is 6.42 Å². The molecule has 0 aliphatic carbocycles. The van der Waals surface area contributed by atoms with Gasteiger partial charge in [0.2, 0.25) is 0 Å². The zero-order valence-corrected chi connectivity index (χ0v) is 8.40. The maximum atomic E-state index is 10.9. The predicted molar refractivity (Wildman–Crippen MR) is 54.2 cm³/mol. The SMILES string of the molecule is N=NCCCCCc1cc(O)cc(=O)o1. The molecule has 0 atom stereocenters. The van der Waals surface area contributed by atoms with Crippen molar-refractivity contribution in [3.8, 4) is 5.75 Å². The minimum Gasteiger partial charge on any atom is -0.508 e. The molecular formula is C10H14N2O3. The molecule has 0 saturated carbocycles. The summed E-state index contributed by atoms with van der Waals surface area (Å²) in [6, 6.07) is 2.50. The van der Waals surface area contributed by atoms with Crippen LogP contribution in [0.2, 0.25) is 0 Å². The van der Waals surface area contributed by atoms with Crippen molar-refractivity contribution in [3.05, 3.63) is 28.3 Å². The topological polar surface area (TPSA) is 86.6 Å². The Kier molecular flexibility index (Phi) is 4.53. The average molecular weight is 210 g/mol. The Morgan fingerprint density at radius 3 is 2.80 bits per heavy atom. The molecule has 5 nitrogen and oxygen atoms in total. The Morgan fingerprint density at radius 2 is 2.13 bits per heavy atom. The van der Waals surface area contributed by atoms with Gasteiger partial charge in [0.25, 0.3) is 0 Å². The minimum absolute atomic E-state index is 0.0533. The second-order valence-corrected chi connectivity index (χ2v) is 3.29. The Morgan fingerprint density at radius 1 is 1.33 bits per heavy atom. The molecule has 0 bridgehead atoms. The lowest BCUT2D eigenvalue weighted by molar-refractivity contribution is 0.419. The van der Waals surface area contributed by atoms with Crippen LogP contribution in [0.15, 0.2) is 26.5 Å². The van der Waals surface area contributed by atoms with Gasteiger partial charge in [-0.15, -0.1) is 0 Å². The summed E-state index contributed by atoms with van der Waals surface area (Å²) in [5, 5.41) is 12.4. The van der Waals surface area contributed by atoms with Crippen molar-refractivity contribution in [2.24, 2.45) is 5.11 Å². The van der Waals surface area contributed by atoms with E-state index >= 15 is 0 Å². The van der Waals surface area contributed by atoms with Gasteiger partial charge in [-0.3, -0.25) is 0 Å². The molecule has 1 aromatic heterocycles. The number of unbranched alkanes of at least 4 members (excludes halogenated alkanes) is 2. The summed E-state index contributed by atoms with van der Waals surface area (Å²) in [4.78, 5) is 10.9. The normalized spacial score (nSPS) is 10.1. The zero-order chi connectivity index (χ0) is 11.1. The zero-order valence-electron chi connectivity index (χ0n) is 8.40. The first-order valence-electron chi connectivity index (χ1n) is 4.88. The second-order valence-electron chi connectivity index (χ2n) is 3.29. The first kappa shape index (κ1) is 11.4. The highest BCUT2D eigenvalue weighted by Gasteiger charge is 2.00. The molecule has 1 rings (SSSR count). The third-order valence-electron chi connectivity index (χ3n) is 2.00. The third-order valence-corrected chi connectivity index (χ3v) is 2.00. The Bertz CT molecular complexity index is 373. The lowest BCUT2D eigenvalue weighted by Crippen LogP contribution is -1.99. The van der Waals surface area contributed by atoms with Crippen molar-refractivity contribution in [2.45, 2.75) is 25.7 Å². The highest BCUT2D eigenvalue weighted by Crippen LogP contribution is 2.10. The number of aryl methyl sites for hydroxylation is 1. The van der Waals surface area contributed by atoms with E-state index in [1.807, 2.05) is 0 Å². The van der Waals surface area contributed by atoms with Crippen LogP contribution in [0.3, 0.4) is 0 Å². The monoisotopic (exact) mass is 210 g/mol. The highest BCUT2D eigenvalue weighted by molar-refractivity contribution is 5.18. The van der Waals surface area contributed by atoms with Gasteiger partial charge in [-0.1, -0.05) is 6.42 Å². The first-order chi connectivity index (χ1) is 7.22. The molecular weight excluding hydrogens is 196 g/mol. The van der Waals surface area contributed by atoms with Gasteiger partial charge in [0.1, 0.15) is 11.5 Å².